The predicted octanol–water partition coefficient (Wildman–Crippen LogP) is 4.03. The van der Waals surface area contributed by atoms with Crippen LogP contribution in [-0.2, 0) is 14.3 Å². The van der Waals surface area contributed by atoms with Crippen molar-refractivity contribution in [3.63, 3.8) is 0 Å². The van der Waals surface area contributed by atoms with Gasteiger partial charge >= 0.3 is 5.97 Å². The lowest BCUT2D eigenvalue weighted by Gasteiger charge is -2.13. The van der Waals surface area contributed by atoms with Crippen molar-refractivity contribution in [1.82, 2.24) is 0 Å². The van der Waals surface area contributed by atoms with Crippen molar-refractivity contribution in [3.8, 4) is 17.2 Å². The van der Waals surface area contributed by atoms with E-state index in [0.717, 1.165) is 5.56 Å². The summed E-state index contributed by atoms with van der Waals surface area (Å²) in [6.07, 6.45) is 2.77. The first-order valence-electron chi connectivity index (χ1n) is 9.43. The van der Waals surface area contributed by atoms with Gasteiger partial charge in [-0.2, -0.15) is 0 Å². The molecule has 0 saturated carbocycles. The van der Waals surface area contributed by atoms with E-state index in [0.29, 0.717) is 28.5 Å². The molecule has 0 aliphatic rings. The van der Waals surface area contributed by atoms with Crippen LogP contribution < -0.4 is 19.5 Å². The lowest BCUT2D eigenvalue weighted by atomic mass is 10.0. The van der Waals surface area contributed by atoms with Gasteiger partial charge in [-0.3, -0.25) is 4.79 Å². The van der Waals surface area contributed by atoms with Crippen molar-refractivity contribution in [2.24, 2.45) is 0 Å². The maximum Gasteiger partial charge on any atom is 0.331 e. The molecular formula is C23H27NO6. The van der Waals surface area contributed by atoms with E-state index in [4.69, 9.17) is 18.9 Å². The van der Waals surface area contributed by atoms with E-state index in [-0.39, 0.29) is 12.5 Å². The van der Waals surface area contributed by atoms with Crippen LogP contribution >= 0.6 is 0 Å². The van der Waals surface area contributed by atoms with Crippen molar-refractivity contribution in [2.75, 3.05) is 33.3 Å². The Morgan fingerprint density at radius 3 is 2.20 bits per heavy atom. The van der Waals surface area contributed by atoms with Gasteiger partial charge in [0.05, 0.1) is 21.3 Å². The summed E-state index contributed by atoms with van der Waals surface area (Å²) in [6, 6.07) is 10.9. The average Bonchev–Trinajstić information content (AvgIpc) is 2.75. The maximum absolute atomic E-state index is 12.1. The number of carbonyl (C=O) groups is 2. The summed E-state index contributed by atoms with van der Waals surface area (Å²) < 4.78 is 20.9. The molecule has 2 aromatic rings. The van der Waals surface area contributed by atoms with Gasteiger partial charge in [-0.25, -0.2) is 4.79 Å². The fraction of sp³-hybridized carbons (Fsp3) is 0.304. The SMILES string of the molecule is COc1cc(C=CC(=O)OCC(=O)Nc2ccccc2C(C)C)cc(OC)c1OC. The molecule has 0 fully saturated rings. The molecule has 2 rings (SSSR count). The minimum absolute atomic E-state index is 0.255. The van der Waals surface area contributed by atoms with Gasteiger partial charge in [0.25, 0.3) is 5.91 Å². The molecule has 0 aliphatic carbocycles. The van der Waals surface area contributed by atoms with E-state index in [1.165, 1.54) is 27.4 Å². The smallest absolute Gasteiger partial charge is 0.331 e. The number of benzene rings is 2. The molecular weight excluding hydrogens is 386 g/mol. The Morgan fingerprint density at radius 1 is 1.00 bits per heavy atom. The summed E-state index contributed by atoms with van der Waals surface area (Å²) in [6.45, 7) is 3.70. The third-order valence-electron chi connectivity index (χ3n) is 4.30. The Balaban J connectivity index is 1.98. The Kier molecular flexibility index (Phi) is 8.29. The van der Waals surface area contributed by atoms with Gasteiger partial charge in [-0.05, 0) is 41.3 Å². The molecule has 2 aromatic carbocycles. The number of anilines is 1. The van der Waals surface area contributed by atoms with E-state index in [2.05, 4.69) is 5.32 Å². The molecule has 0 bridgehead atoms. The fourth-order valence-electron chi connectivity index (χ4n) is 2.85. The normalized spacial score (nSPS) is 10.7. The molecule has 160 valence electrons. The molecule has 0 aliphatic heterocycles. The largest absolute Gasteiger partial charge is 0.493 e. The molecule has 0 saturated heterocycles. The van der Waals surface area contributed by atoms with Gasteiger partial charge in [0, 0.05) is 11.8 Å². The first kappa shape index (κ1) is 22.8. The topological polar surface area (TPSA) is 83.1 Å². The van der Waals surface area contributed by atoms with Crippen molar-refractivity contribution in [2.45, 2.75) is 19.8 Å². The van der Waals surface area contributed by atoms with Crippen LogP contribution in [0.25, 0.3) is 6.08 Å². The molecule has 0 unspecified atom stereocenters. The third-order valence-corrected chi connectivity index (χ3v) is 4.30. The summed E-state index contributed by atoms with van der Waals surface area (Å²) in [5, 5.41) is 2.78. The highest BCUT2D eigenvalue weighted by Gasteiger charge is 2.13. The number of rotatable bonds is 9. The second-order valence-electron chi connectivity index (χ2n) is 6.69. The number of para-hydroxylation sites is 1. The molecule has 7 heteroatoms. The van der Waals surface area contributed by atoms with Crippen LogP contribution in [0.4, 0.5) is 5.69 Å². The van der Waals surface area contributed by atoms with E-state index < -0.39 is 11.9 Å². The molecule has 1 N–H and O–H groups in total. The first-order chi connectivity index (χ1) is 14.4. The summed E-state index contributed by atoms with van der Waals surface area (Å²) in [5.74, 6) is 0.596. The fourth-order valence-corrected chi connectivity index (χ4v) is 2.85. The second kappa shape index (κ2) is 10.9. The van der Waals surface area contributed by atoms with Crippen LogP contribution in [0.5, 0.6) is 17.2 Å². The maximum atomic E-state index is 12.1. The van der Waals surface area contributed by atoms with Gasteiger partial charge in [-0.1, -0.05) is 32.0 Å². The molecule has 0 spiro atoms. The molecule has 0 heterocycles. The Hall–Kier alpha value is -3.48. The predicted molar refractivity (Wildman–Crippen MR) is 115 cm³/mol. The summed E-state index contributed by atoms with van der Waals surface area (Å²) in [4.78, 5) is 24.1. The number of hydrogen-bond donors (Lipinski definition) is 1. The zero-order valence-corrected chi connectivity index (χ0v) is 17.9. The highest BCUT2D eigenvalue weighted by atomic mass is 16.5. The van der Waals surface area contributed by atoms with E-state index in [1.54, 1.807) is 18.2 Å². The molecule has 0 radical (unpaired) electrons. The lowest BCUT2D eigenvalue weighted by molar-refractivity contribution is -0.142. The summed E-state index contributed by atoms with van der Waals surface area (Å²) >= 11 is 0. The zero-order chi connectivity index (χ0) is 22.1. The molecule has 30 heavy (non-hydrogen) atoms. The average molecular weight is 413 g/mol. The van der Waals surface area contributed by atoms with Crippen molar-refractivity contribution < 1.29 is 28.5 Å². The molecule has 0 atom stereocenters. The van der Waals surface area contributed by atoms with Gasteiger partial charge in [-0.15, -0.1) is 0 Å². The summed E-state index contributed by atoms with van der Waals surface area (Å²) in [7, 11) is 4.53. The highest BCUT2D eigenvalue weighted by Crippen LogP contribution is 2.38. The first-order valence-corrected chi connectivity index (χ1v) is 9.43. The molecule has 0 aromatic heterocycles. The zero-order valence-electron chi connectivity index (χ0n) is 17.9. The van der Waals surface area contributed by atoms with Crippen LogP contribution in [-0.4, -0.2) is 39.8 Å². The van der Waals surface area contributed by atoms with E-state index in [1.807, 2.05) is 38.1 Å². The van der Waals surface area contributed by atoms with Crippen LogP contribution in [0.3, 0.4) is 0 Å². The Labute approximate surface area is 176 Å². The monoisotopic (exact) mass is 413 g/mol. The second-order valence-corrected chi connectivity index (χ2v) is 6.69. The van der Waals surface area contributed by atoms with Crippen LogP contribution in [0, 0.1) is 0 Å². The number of nitrogens with one attached hydrogen (secondary N) is 1. The van der Waals surface area contributed by atoms with E-state index in [9.17, 15) is 9.59 Å². The minimum Gasteiger partial charge on any atom is -0.493 e. The van der Waals surface area contributed by atoms with Crippen LogP contribution in [0.15, 0.2) is 42.5 Å². The van der Waals surface area contributed by atoms with Crippen molar-refractivity contribution in [1.29, 1.82) is 0 Å². The van der Waals surface area contributed by atoms with Gasteiger partial charge < -0.3 is 24.3 Å². The van der Waals surface area contributed by atoms with Gasteiger partial charge in [0.1, 0.15) is 0 Å². The van der Waals surface area contributed by atoms with Crippen LogP contribution in [0.2, 0.25) is 0 Å². The van der Waals surface area contributed by atoms with Gasteiger partial charge in [0.2, 0.25) is 5.75 Å². The number of methoxy groups -OCH3 is 3. The number of amides is 1. The number of carbonyl (C=O) groups excluding carboxylic acids is 2. The quantitative estimate of drug-likeness (QED) is 0.494. The highest BCUT2D eigenvalue weighted by molar-refractivity contribution is 5.95. The Morgan fingerprint density at radius 2 is 1.63 bits per heavy atom. The molecule has 7 nitrogen and oxygen atoms in total. The lowest BCUT2D eigenvalue weighted by Crippen LogP contribution is -2.21. The van der Waals surface area contributed by atoms with Crippen molar-refractivity contribution in [3.05, 3.63) is 53.6 Å². The molecule has 1 amide bonds. The standard InChI is InChI=1S/C23H27NO6/c1-15(2)17-8-6-7-9-18(17)24-21(25)14-30-22(26)11-10-16-12-19(27-3)23(29-5)20(13-16)28-4/h6-13,15H,14H2,1-5H3,(H,24,25). The number of esters is 1. The third kappa shape index (κ3) is 6.01. The minimum atomic E-state index is -0.643. The van der Waals surface area contributed by atoms with Gasteiger partial charge in [0.15, 0.2) is 18.1 Å². The van der Waals surface area contributed by atoms with E-state index >= 15 is 0 Å². The van der Waals surface area contributed by atoms with Crippen molar-refractivity contribution >= 4 is 23.6 Å². The van der Waals surface area contributed by atoms with Crippen LogP contribution in [0.1, 0.15) is 30.9 Å². The summed E-state index contributed by atoms with van der Waals surface area (Å²) in [5.41, 5.74) is 2.37. The number of ether oxygens (including phenoxy) is 4. The number of hydrogen-bond acceptors (Lipinski definition) is 6. The Bertz CT molecular complexity index is 895.